The van der Waals surface area contributed by atoms with Crippen LogP contribution in [0, 0.1) is 0 Å². The third-order valence-corrected chi connectivity index (χ3v) is 3.90. The molecule has 0 atom stereocenters. The molecule has 0 heterocycles. The molecule has 2 N–H and O–H groups in total. The fourth-order valence-corrected chi connectivity index (χ4v) is 2.53. The number of nitrogens with zero attached hydrogens (tertiary/aromatic N) is 3. The van der Waals surface area contributed by atoms with Crippen LogP contribution in [-0.4, -0.2) is 88.4 Å². The van der Waals surface area contributed by atoms with Crippen LogP contribution in [0.1, 0.15) is 34.1 Å². The third-order valence-electron chi connectivity index (χ3n) is 3.90. The van der Waals surface area contributed by atoms with Crippen LogP contribution in [0.4, 0.5) is 0 Å². The number of hydrogen-bond donors (Lipinski definition) is 2. The first-order chi connectivity index (χ1) is 10.9. The highest BCUT2D eigenvalue weighted by Gasteiger charge is 2.12. The number of aliphatic imine (C=N–C) groups is 1. The SMILES string of the molecule is CN=C(NCCCN(C(C)C)C(C)C)NCCN(C)CCOC. The predicted molar refractivity (Wildman–Crippen MR) is 100 cm³/mol. The van der Waals surface area contributed by atoms with Gasteiger partial charge in [0.15, 0.2) is 5.96 Å². The lowest BCUT2D eigenvalue weighted by molar-refractivity contribution is 0.162. The standard InChI is InChI=1S/C17H39N5O/c1-15(2)22(16(3)4)11-8-9-19-17(18-5)20-10-12-21(6)13-14-23-7/h15-16H,8-14H2,1-7H3,(H2,18,19,20). The molecule has 6 nitrogen and oxygen atoms in total. The zero-order chi connectivity index (χ0) is 17.7. The zero-order valence-electron chi connectivity index (χ0n) is 16.4. The number of guanidine groups is 1. The summed E-state index contributed by atoms with van der Waals surface area (Å²) in [7, 11) is 5.65. The maximum atomic E-state index is 5.08. The maximum absolute atomic E-state index is 5.08. The molecule has 0 rings (SSSR count). The first-order valence-electron chi connectivity index (χ1n) is 8.80. The van der Waals surface area contributed by atoms with Crippen molar-refractivity contribution in [1.29, 1.82) is 0 Å². The van der Waals surface area contributed by atoms with Crippen LogP contribution in [0.3, 0.4) is 0 Å². The van der Waals surface area contributed by atoms with E-state index >= 15 is 0 Å². The van der Waals surface area contributed by atoms with Crippen LogP contribution in [0.2, 0.25) is 0 Å². The molecular formula is C17H39N5O. The highest BCUT2D eigenvalue weighted by Crippen LogP contribution is 2.05. The fraction of sp³-hybridized carbons (Fsp3) is 0.941. The Labute approximate surface area is 143 Å². The fourth-order valence-electron chi connectivity index (χ4n) is 2.53. The van der Waals surface area contributed by atoms with E-state index in [1.54, 1.807) is 7.11 Å². The van der Waals surface area contributed by atoms with E-state index < -0.39 is 0 Å². The molecule has 23 heavy (non-hydrogen) atoms. The lowest BCUT2D eigenvalue weighted by atomic mass is 10.2. The van der Waals surface area contributed by atoms with Crippen molar-refractivity contribution in [2.45, 2.75) is 46.2 Å². The van der Waals surface area contributed by atoms with Gasteiger partial charge in [-0.1, -0.05) is 0 Å². The van der Waals surface area contributed by atoms with E-state index in [4.69, 9.17) is 4.74 Å². The van der Waals surface area contributed by atoms with Gasteiger partial charge in [-0.05, 0) is 41.2 Å². The van der Waals surface area contributed by atoms with Gasteiger partial charge in [0.25, 0.3) is 0 Å². The van der Waals surface area contributed by atoms with E-state index in [0.29, 0.717) is 12.1 Å². The number of hydrogen-bond acceptors (Lipinski definition) is 4. The van der Waals surface area contributed by atoms with Crippen LogP contribution in [0.15, 0.2) is 4.99 Å². The highest BCUT2D eigenvalue weighted by atomic mass is 16.5. The Morgan fingerprint density at radius 3 is 2.13 bits per heavy atom. The van der Waals surface area contributed by atoms with Crippen molar-refractivity contribution in [2.24, 2.45) is 4.99 Å². The lowest BCUT2D eigenvalue weighted by Gasteiger charge is -2.30. The van der Waals surface area contributed by atoms with Gasteiger partial charge in [0.2, 0.25) is 0 Å². The van der Waals surface area contributed by atoms with Crippen molar-refractivity contribution in [2.75, 3.05) is 60.5 Å². The molecule has 0 fully saturated rings. The highest BCUT2D eigenvalue weighted by molar-refractivity contribution is 5.79. The Balaban J connectivity index is 3.86. The van der Waals surface area contributed by atoms with Gasteiger partial charge in [0.05, 0.1) is 6.61 Å². The Hall–Kier alpha value is -0.850. The van der Waals surface area contributed by atoms with Gasteiger partial charge in [0.1, 0.15) is 0 Å². The minimum atomic E-state index is 0.593. The summed E-state index contributed by atoms with van der Waals surface area (Å²) in [6.07, 6.45) is 1.12. The Bertz CT molecular complexity index is 299. The van der Waals surface area contributed by atoms with E-state index in [1.165, 1.54) is 0 Å². The van der Waals surface area contributed by atoms with E-state index in [9.17, 15) is 0 Å². The van der Waals surface area contributed by atoms with E-state index in [-0.39, 0.29) is 0 Å². The molecule has 0 aromatic rings. The minimum Gasteiger partial charge on any atom is -0.383 e. The molecule has 0 aliphatic carbocycles. The van der Waals surface area contributed by atoms with Crippen molar-refractivity contribution >= 4 is 5.96 Å². The average molecular weight is 330 g/mol. The average Bonchev–Trinajstić information content (AvgIpc) is 2.50. The van der Waals surface area contributed by atoms with Gasteiger partial charge in [-0.3, -0.25) is 9.89 Å². The Kier molecular flexibility index (Phi) is 13.1. The summed E-state index contributed by atoms with van der Waals surface area (Å²) in [4.78, 5) is 9.03. The molecule has 0 spiro atoms. The number of methoxy groups -OCH3 is 1. The van der Waals surface area contributed by atoms with Crippen molar-refractivity contribution in [1.82, 2.24) is 20.4 Å². The molecule has 0 unspecified atom stereocenters. The van der Waals surface area contributed by atoms with Gasteiger partial charge < -0.3 is 20.3 Å². The van der Waals surface area contributed by atoms with Crippen LogP contribution < -0.4 is 10.6 Å². The van der Waals surface area contributed by atoms with E-state index in [1.807, 2.05) is 7.05 Å². The molecule has 138 valence electrons. The van der Waals surface area contributed by atoms with Crippen LogP contribution in [-0.2, 0) is 4.74 Å². The molecule has 0 saturated carbocycles. The molecular weight excluding hydrogens is 290 g/mol. The second-order valence-electron chi connectivity index (χ2n) is 6.50. The molecule has 0 radical (unpaired) electrons. The van der Waals surface area contributed by atoms with Crippen molar-refractivity contribution in [3.63, 3.8) is 0 Å². The second-order valence-corrected chi connectivity index (χ2v) is 6.50. The van der Waals surface area contributed by atoms with Gasteiger partial charge in [-0.2, -0.15) is 0 Å². The molecule has 0 saturated heterocycles. The van der Waals surface area contributed by atoms with Gasteiger partial charge in [-0.25, -0.2) is 0 Å². The monoisotopic (exact) mass is 329 g/mol. The lowest BCUT2D eigenvalue weighted by Crippen LogP contribution is -2.43. The third kappa shape index (κ3) is 11.3. The predicted octanol–water partition coefficient (Wildman–Crippen LogP) is 1.24. The van der Waals surface area contributed by atoms with E-state index in [2.05, 4.69) is 60.2 Å². The topological polar surface area (TPSA) is 52.1 Å². The largest absolute Gasteiger partial charge is 0.383 e. The number of likely N-dealkylation sites (N-methyl/N-ethyl adjacent to an activating group) is 1. The van der Waals surface area contributed by atoms with Gasteiger partial charge in [-0.15, -0.1) is 0 Å². The van der Waals surface area contributed by atoms with Crippen molar-refractivity contribution < 1.29 is 4.74 Å². The summed E-state index contributed by atoms with van der Waals surface area (Å²) < 4.78 is 5.08. The minimum absolute atomic E-state index is 0.593. The second kappa shape index (κ2) is 13.6. The summed E-state index contributed by atoms with van der Waals surface area (Å²) >= 11 is 0. The summed E-state index contributed by atoms with van der Waals surface area (Å²) in [5.74, 6) is 0.880. The van der Waals surface area contributed by atoms with E-state index in [0.717, 1.165) is 51.7 Å². The van der Waals surface area contributed by atoms with Crippen molar-refractivity contribution in [3.05, 3.63) is 0 Å². The molecule has 0 aromatic carbocycles. The Morgan fingerprint density at radius 1 is 1.00 bits per heavy atom. The molecule has 0 bridgehead atoms. The first kappa shape index (κ1) is 22.1. The molecule has 0 aliphatic rings. The van der Waals surface area contributed by atoms with Crippen LogP contribution in [0.5, 0.6) is 0 Å². The summed E-state index contributed by atoms with van der Waals surface area (Å²) in [6.45, 7) is 14.6. The van der Waals surface area contributed by atoms with Crippen LogP contribution in [0.25, 0.3) is 0 Å². The summed E-state index contributed by atoms with van der Waals surface area (Å²) in [5.41, 5.74) is 0. The molecule has 6 heteroatoms. The zero-order valence-corrected chi connectivity index (χ0v) is 16.4. The van der Waals surface area contributed by atoms with Gasteiger partial charge in [0, 0.05) is 59.0 Å². The van der Waals surface area contributed by atoms with Crippen LogP contribution >= 0.6 is 0 Å². The number of ether oxygens (including phenoxy) is 1. The van der Waals surface area contributed by atoms with Gasteiger partial charge >= 0.3 is 0 Å². The quantitative estimate of drug-likeness (QED) is 0.320. The smallest absolute Gasteiger partial charge is 0.191 e. The van der Waals surface area contributed by atoms with Crippen molar-refractivity contribution in [3.8, 4) is 0 Å². The Morgan fingerprint density at radius 2 is 1.61 bits per heavy atom. The number of rotatable bonds is 12. The summed E-state index contributed by atoms with van der Waals surface area (Å²) in [6, 6.07) is 1.19. The molecule has 0 aromatic heterocycles. The normalized spacial score (nSPS) is 12.7. The summed E-state index contributed by atoms with van der Waals surface area (Å²) in [5, 5.41) is 6.74. The molecule has 0 aliphatic heterocycles. The first-order valence-corrected chi connectivity index (χ1v) is 8.80. The molecule has 0 amide bonds. The number of nitrogens with one attached hydrogen (secondary N) is 2. The maximum Gasteiger partial charge on any atom is 0.191 e.